The van der Waals surface area contributed by atoms with Crippen LogP contribution in [0.5, 0.6) is 0 Å². The topological polar surface area (TPSA) is 43.1 Å². The normalized spacial score (nSPS) is 24.1. The van der Waals surface area contributed by atoms with Crippen molar-refractivity contribution in [2.45, 2.75) is 31.7 Å². The van der Waals surface area contributed by atoms with Crippen molar-refractivity contribution in [3.63, 3.8) is 0 Å². The van der Waals surface area contributed by atoms with Crippen molar-refractivity contribution in [2.75, 3.05) is 0 Å². The lowest BCUT2D eigenvalue weighted by molar-refractivity contribution is -0.106. The average molecular weight is 312 g/mol. The monoisotopic (exact) mass is 311 g/mol. The van der Waals surface area contributed by atoms with Crippen LogP contribution in [0.4, 0.5) is 0 Å². The third kappa shape index (κ3) is 1.94. The number of nitrogens with two attached hydrogens (primary N) is 1. The third-order valence-corrected chi connectivity index (χ3v) is 5.31. The fraction of sp³-hybridized carbons (Fsp3) is 0.316. The van der Waals surface area contributed by atoms with Gasteiger partial charge in [-0.2, -0.15) is 0 Å². The van der Waals surface area contributed by atoms with Gasteiger partial charge in [0.15, 0.2) is 0 Å². The van der Waals surface area contributed by atoms with Crippen LogP contribution in [0.1, 0.15) is 36.8 Å². The molecule has 3 heteroatoms. The molecule has 2 aromatic carbocycles. The molecule has 0 saturated heterocycles. The van der Waals surface area contributed by atoms with E-state index in [0.717, 1.165) is 46.7 Å². The van der Waals surface area contributed by atoms with E-state index in [1.54, 1.807) is 0 Å². The Morgan fingerprint density at radius 3 is 2.41 bits per heavy atom. The molecule has 0 aromatic heterocycles. The van der Waals surface area contributed by atoms with Gasteiger partial charge in [-0.3, -0.25) is 4.79 Å². The Morgan fingerprint density at radius 2 is 1.73 bits per heavy atom. The summed E-state index contributed by atoms with van der Waals surface area (Å²) in [7, 11) is 0. The van der Waals surface area contributed by atoms with Crippen LogP contribution in [0.15, 0.2) is 36.4 Å². The summed E-state index contributed by atoms with van der Waals surface area (Å²) in [4.78, 5) is 12.2. The molecule has 1 saturated carbocycles. The number of hydrogen-bond acceptors (Lipinski definition) is 2. The lowest BCUT2D eigenvalue weighted by atomic mass is 9.77. The number of hydrogen-bond donors (Lipinski definition) is 1. The van der Waals surface area contributed by atoms with Crippen molar-refractivity contribution in [2.24, 2.45) is 11.7 Å². The van der Waals surface area contributed by atoms with Crippen LogP contribution in [0.25, 0.3) is 21.9 Å². The lowest BCUT2D eigenvalue weighted by Crippen LogP contribution is -2.34. The molecule has 0 heterocycles. The van der Waals surface area contributed by atoms with E-state index in [9.17, 15) is 4.79 Å². The molecule has 2 N–H and O–H groups in total. The van der Waals surface area contributed by atoms with E-state index in [0.29, 0.717) is 5.57 Å². The maximum atomic E-state index is 12.2. The zero-order chi connectivity index (χ0) is 15.3. The minimum atomic E-state index is -0.364. The Balaban J connectivity index is 2.00. The molecule has 0 bridgehead atoms. The second-order valence-electron chi connectivity index (χ2n) is 6.33. The number of benzene rings is 2. The summed E-state index contributed by atoms with van der Waals surface area (Å²) in [6, 6.07) is 12.4. The minimum absolute atomic E-state index is 0.110. The van der Waals surface area contributed by atoms with Crippen LogP contribution in [0.2, 0.25) is 0 Å². The first kappa shape index (κ1) is 14.0. The van der Waals surface area contributed by atoms with Crippen molar-refractivity contribution >= 4 is 38.8 Å². The molecule has 0 spiro atoms. The summed E-state index contributed by atoms with van der Waals surface area (Å²) in [5.41, 5.74) is 10.3. The number of carbonyl (C=O) groups is 1. The Labute approximate surface area is 135 Å². The smallest absolute Gasteiger partial charge is 0.253 e. The Bertz CT molecular complexity index is 803. The second kappa shape index (κ2) is 5.22. The van der Waals surface area contributed by atoms with E-state index in [-0.39, 0.29) is 17.2 Å². The SMILES string of the molecule is N[C@@H]1CCCC[C@@H]1C1=C(C(=O)Cl)c2cccc3cccc1c23. The Hall–Kier alpha value is -1.64. The zero-order valence-corrected chi connectivity index (χ0v) is 13.1. The molecular formula is C19H18ClNO. The maximum Gasteiger partial charge on any atom is 0.253 e. The van der Waals surface area contributed by atoms with Gasteiger partial charge < -0.3 is 5.73 Å². The summed E-state index contributed by atoms with van der Waals surface area (Å²) in [5.74, 6) is 0.226. The zero-order valence-electron chi connectivity index (χ0n) is 12.3. The molecule has 4 rings (SSSR count). The van der Waals surface area contributed by atoms with Crippen LogP contribution in [-0.2, 0) is 4.79 Å². The molecule has 0 radical (unpaired) electrons. The number of halogens is 1. The fourth-order valence-electron chi connectivity index (χ4n) is 4.17. The summed E-state index contributed by atoms with van der Waals surface area (Å²) >= 11 is 5.98. The van der Waals surface area contributed by atoms with Crippen LogP contribution in [0.3, 0.4) is 0 Å². The van der Waals surface area contributed by atoms with Gasteiger partial charge in [-0.15, -0.1) is 0 Å². The van der Waals surface area contributed by atoms with Crippen molar-refractivity contribution in [3.05, 3.63) is 47.5 Å². The molecule has 0 unspecified atom stereocenters. The van der Waals surface area contributed by atoms with Crippen molar-refractivity contribution in [3.8, 4) is 0 Å². The van der Waals surface area contributed by atoms with E-state index >= 15 is 0 Å². The number of allylic oxidation sites excluding steroid dienone is 1. The molecule has 2 aliphatic carbocycles. The number of carbonyl (C=O) groups excluding carboxylic acids is 1. The summed E-state index contributed by atoms with van der Waals surface area (Å²) in [6.07, 6.45) is 4.39. The molecule has 2 nitrogen and oxygen atoms in total. The molecule has 2 aromatic rings. The fourth-order valence-corrected chi connectivity index (χ4v) is 4.37. The predicted molar refractivity (Wildman–Crippen MR) is 91.6 cm³/mol. The first-order valence-corrected chi connectivity index (χ1v) is 8.28. The van der Waals surface area contributed by atoms with Crippen LogP contribution >= 0.6 is 11.6 Å². The van der Waals surface area contributed by atoms with Gasteiger partial charge in [0.25, 0.3) is 5.24 Å². The van der Waals surface area contributed by atoms with Crippen molar-refractivity contribution in [1.29, 1.82) is 0 Å². The van der Waals surface area contributed by atoms with Crippen LogP contribution in [-0.4, -0.2) is 11.3 Å². The van der Waals surface area contributed by atoms with Crippen LogP contribution in [0, 0.1) is 5.92 Å². The minimum Gasteiger partial charge on any atom is -0.327 e. The van der Waals surface area contributed by atoms with E-state index in [1.807, 2.05) is 12.1 Å². The molecule has 112 valence electrons. The second-order valence-corrected chi connectivity index (χ2v) is 6.67. The van der Waals surface area contributed by atoms with Gasteiger partial charge in [0.05, 0.1) is 0 Å². The van der Waals surface area contributed by atoms with E-state index in [1.165, 1.54) is 6.42 Å². The van der Waals surface area contributed by atoms with Gasteiger partial charge in [0.2, 0.25) is 0 Å². The molecule has 0 aliphatic heterocycles. The lowest BCUT2D eigenvalue weighted by Gasteiger charge is -2.31. The van der Waals surface area contributed by atoms with Gasteiger partial charge in [0.1, 0.15) is 0 Å². The quantitative estimate of drug-likeness (QED) is 0.838. The Morgan fingerprint density at radius 1 is 1.05 bits per heavy atom. The first-order chi connectivity index (χ1) is 10.7. The van der Waals surface area contributed by atoms with Crippen LogP contribution < -0.4 is 5.73 Å². The highest BCUT2D eigenvalue weighted by Gasteiger charge is 2.35. The predicted octanol–water partition coefficient (Wildman–Crippen LogP) is 4.35. The van der Waals surface area contributed by atoms with Gasteiger partial charge in [-0.05, 0) is 51.9 Å². The third-order valence-electron chi connectivity index (χ3n) is 5.12. The standard InChI is InChI=1S/C19H18ClNO/c20-19(22)18-14-9-4-6-11-5-3-8-13(16(11)14)17(18)12-7-1-2-10-15(12)21/h3-6,8-9,12,15H,1-2,7,10,21H2/t12-,15+/m0/s1. The molecular weight excluding hydrogens is 294 g/mol. The average Bonchev–Trinajstić information content (AvgIpc) is 2.85. The largest absolute Gasteiger partial charge is 0.327 e. The molecule has 0 amide bonds. The molecule has 22 heavy (non-hydrogen) atoms. The van der Waals surface area contributed by atoms with Gasteiger partial charge in [-0.1, -0.05) is 49.2 Å². The van der Waals surface area contributed by atoms with Crippen molar-refractivity contribution < 1.29 is 4.79 Å². The number of rotatable bonds is 2. The summed E-state index contributed by atoms with van der Waals surface area (Å²) in [6.45, 7) is 0. The maximum absolute atomic E-state index is 12.2. The summed E-state index contributed by atoms with van der Waals surface area (Å²) in [5, 5.41) is 1.95. The van der Waals surface area contributed by atoms with E-state index in [4.69, 9.17) is 17.3 Å². The van der Waals surface area contributed by atoms with Crippen molar-refractivity contribution in [1.82, 2.24) is 0 Å². The van der Waals surface area contributed by atoms with E-state index < -0.39 is 0 Å². The van der Waals surface area contributed by atoms with Gasteiger partial charge in [-0.25, -0.2) is 0 Å². The van der Waals surface area contributed by atoms with Gasteiger partial charge >= 0.3 is 0 Å². The molecule has 2 aliphatic rings. The highest BCUT2D eigenvalue weighted by atomic mass is 35.5. The first-order valence-electron chi connectivity index (χ1n) is 7.90. The Kier molecular flexibility index (Phi) is 3.32. The highest BCUT2D eigenvalue weighted by Crippen LogP contribution is 2.48. The molecule has 1 fully saturated rings. The van der Waals surface area contributed by atoms with E-state index in [2.05, 4.69) is 24.3 Å². The summed E-state index contributed by atoms with van der Waals surface area (Å²) < 4.78 is 0. The van der Waals surface area contributed by atoms with Gasteiger partial charge in [0, 0.05) is 17.5 Å². The molecule has 2 atom stereocenters. The highest BCUT2D eigenvalue weighted by molar-refractivity contribution is 6.76.